The first-order valence-corrected chi connectivity index (χ1v) is 6.02. The molecule has 1 aromatic heterocycles. The lowest BCUT2D eigenvalue weighted by Gasteiger charge is -2.07. The number of hydrogen-bond acceptors (Lipinski definition) is 3. The van der Waals surface area contributed by atoms with Crippen LogP contribution in [0.1, 0.15) is 13.3 Å². The van der Waals surface area contributed by atoms with E-state index in [4.69, 9.17) is 5.11 Å². The fourth-order valence-electron chi connectivity index (χ4n) is 1.76. The van der Waals surface area contributed by atoms with E-state index in [0.717, 1.165) is 10.9 Å². The van der Waals surface area contributed by atoms with Crippen molar-refractivity contribution in [1.82, 2.24) is 15.1 Å². The van der Waals surface area contributed by atoms with Crippen LogP contribution >= 0.6 is 0 Å². The number of nitrogens with one attached hydrogen (secondary N) is 1. The number of aliphatic hydroxyl groups excluding tert-OH is 1. The standard InChI is InChI=1S/C13H17N3O2/c1-10(17)8-14-13(18)6-7-16-12-5-3-2-4-11(12)9-15-16/h2-5,9-10,17H,6-8H2,1H3,(H,14,18). The van der Waals surface area contributed by atoms with Crippen LogP contribution < -0.4 is 5.32 Å². The minimum atomic E-state index is -0.514. The molecule has 0 radical (unpaired) electrons. The Kier molecular flexibility index (Phi) is 3.94. The van der Waals surface area contributed by atoms with Gasteiger partial charge in [0, 0.05) is 18.4 Å². The predicted octanol–water partition coefficient (Wildman–Crippen LogP) is 0.923. The average Bonchev–Trinajstić information content (AvgIpc) is 2.77. The number of carbonyl (C=O) groups excluding carboxylic acids is 1. The summed E-state index contributed by atoms with van der Waals surface area (Å²) >= 11 is 0. The van der Waals surface area contributed by atoms with Crippen molar-refractivity contribution in [2.24, 2.45) is 0 Å². The van der Waals surface area contributed by atoms with Crippen molar-refractivity contribution >= 4 is 16.8 Å². The Hall–Kier alpha value is -1.88. The molecule has 0 saturated carbocycles. The maximum absolute atomic E-state index is 11.5. The molecule has 0 aliphatic carbocycles. The van der Waals surface area contributed by atoms with E-state index in [1.807, 2.05) is 28.9 Å². The highest BCUT2D eigenvalue weighted by Crippen LogP contribution is 2.12. The van der Waals surface area contributed by atoms with Crippen LogP contribution in [-0.4, -0.2) is 33.4 Å². The van der Waals surface area contributed by atoms with Crippen LogP contribution in [0.2, 0.25) is 0 Å². The second kappa shape index (κ2) is 5.64. The first-order chi connectivity index (χ1) is 8.66. The van der Waals surface area contributed by atoms with E-state index in [9.17, 15) is 4.79 Å². The molecule has 1 atom stereocenters. The summed E-state index contributed by atoms with van der Waals surface area (Å²) in [4.78, 5) is 11.5. The number of aromatic nitrogens is 2. The van der Waals surface area contributed by atoms with Crippen LogP contribution in [0.3, 0.4) is 0 Å². The van der Waals surface area contributed by atoms with Gasteiger partial charge < -0.3 is 10.4 Å². The Labute approximate surface area is 105 Å². The van der Waals surface area contributed by atoms with Crippen molar-refractivity contribution in [3.63, 3.8) is 0 Å². The van der Waals surface area contributed by atoms with Gasteiger partial charge >= 0.3 is 0 Å². The molecular weight excluding hydrogens is 230 g/mol. The zero-order valence-electron chi connectivity index (χ0n) is 10.3. The fourth-order valence-corrected chi connectivity index (χ4v) is 1.76. The Morgan fingerprint density at radius 2 is 2.28 bits per heavy atom. The van der Waals surface area contributed by atoms with E-state index in [0.29, 0.717) is 19.5 Å². The van der Waals surface area contributed by atoms with Crippen molar-refractivity contribution in [1.29, 1.82) is 0 Å². The molecule has 0 bridgehead atoms. The van der Waals surface area contributed by atoms with Gasteiger partial charge in [-0.05, 0) is 13.0 Å². The molecule has 5 nitrogen and oxygen atoms in total. The molecule has 0 spiro atoms. The Morgan fingerprint density at radius 1 is 1.50 bits per heavy atom. The molecule has 1 unspecified atom stereocenters. The number of rotatable bonds is 5. The Morgan fingerprint density at radius 3 is 3.06 bits per heavy atom. The smallest absolute Gasteiger partial charge is 0.221 e. The monoisotopic (exact) mass is 247 g/mol. The van der Waals surface area contributed by atoms with Crippen molar-refractivity contribution in [2.75, 3.05) is 6.54 Å². The maximum atomic E-state index is 11.5. The number of hydrogen-bond donors (Lipinski definition) is 2. The van der Waals surface area contributed by atoms with Crippen LogP contribution in [0.5, 0.6) is 0 Å². The summed E-state index contributed by atoms with van der Waals surface area (Å²) in [6.45, 7) is 2.47. The number of carbonyl (C=O) groups is 1. The van der Waals surface area contributed by atoms with E-state index in [1.165, 1.54) is 0 Å². The lowest BCUT2D eigenvalue weighted by atomic mass is 10.2. The van der Waals surface area contributed by atoms with Gasteiger partial charge in [-0.2, -0.15) is 5.10 Å². The van der Waals surface area contributed by atoms with Crippen LogP contribution in [0.15, 0.2) is 30.5 Å². The van der Waals surface area contributed by atoms with Gasteiger partial charge in [-0.3, -0.25) is 9.48 Å². The second-order valence-corrected chi connectivity index (χ2v) is 4.33. The molecule has 96 valence electrons. The third-order valence-electron chi connectivity index (χ3n) is 2.70. The topological polar surface area (TPSA) is 67.2 Å². The normalized spacial score (nSPS) is 12.6. The summed E-state index contributed by atoms with van der Waals surface area (Å²) in [7, 11) is 0. The molecule has 0 fully saturated rings. The van der Waals surface area contributed by atoms with Crippen LogP contribution in [-0.2, 0) is 11.3 Å². The van der Waals surface area contributed by atoms with Crippen LogP contribution in [0.25, 0.3) is 10.9 Å². The maximum Gasteiger partial charge on any atom is 0.221 e. The van der Waals surface area contributed by atoms with Gasteiger partial charge in [0.25, 0.3) is 0 Å². The van der Waals surface area contributed by atoms with E-state index < -0.39 is 6.10 Å². The van der Waals surface area contributed by atoms with Crippen LogP contribution in [0.4, 0.5) is 0 Å². The SMILES string of the molecule is CC(O)CNC(=O)CCn1ncc2ccccc21. The highest BCUT2D eigenvalue weighted by molar-refractivity contribution is 5.79. The van der Waals surface area contributed by atoms with Gasteiger partial charge in [0.1, 0.15) is 0 Å². The van der Waals surface area contributed by atoms with Gasteiger partial charge in [0.2, 0.25) is 5.91 Å². The molecule has 2 aromatic rings. The lowest BCUT2D eigenvalue weighted by Crippen LogP contribution is -2.31. The Balaban J connectivity index is 1.92. The summed E-state index contributed by atoms with van der Waals surface area (Å²) in [5.41, 5.74) is 1.03. The highest BCUT2D eigenvalue weighted by Gasteiger charge is 2.06. The summed E-state index contributed by atoms with van der Waals surface area (Å²) in [5.74, 6) is -0.0736. The van der Waals surface area contributed by atoms with Crippen molar-refractivity contribution in [3.05, 3.63) is 30.5 Å². The third kappa shape index (κ3) is 3.07. The molecule has 1 heterocycles. The predicted molar refractivity (Wildman–Crippen MR) is 69.0 cm³/mol. The largest absolute Gasteiger partial charge is 0.392 e. The molecule has 18 heavy (non-hydrogen) atoms. The molecule has 0 aliphatic rings. The summed E-state index contributed by atoms with van der Waals surface area (Å²) < 4.78 is 1.82. The molecule has 0 aliphatic heterocycles. The van der Waals surface area contributed by atoms with Crippen molar-refractivity contribution in [2.45, 2.75) is 26.0 Å². The van der Waals surface area contributed by atoms with Gasteiger partial charge in [0.05, 0.1) is 24.4 Å². The van der Waals surface area contributed by atoms with Gasteiger partial charge in [0.15, 0.2) is 0 Å². The van der Waals surface area contributed by atoms with E-state index in [-0.39, 0.29) is 5.91 Å². The molecular formula is C13H17N3O2. The van der Waals surface area contributed by atoms with Gasteiger partial charge in [-0.1, -0.05) is 18.2 Å². The molecule has 1 aromatic carbocycles. The molecule has 2 N–H and O–H groups in total. The number of amides is 1. The first kappa shape index (κ1) is 12.6. The van der Waals surface area contributed by atoms with Crippen molar-refractivity contribution in [3.8, 4) is 0 Å². The Bertz CT molecular complexity index is 534. The van der Waals surface area contributed by atoms with Gasteiger partial charge in [-0.15, -0.1) is 0 Å². The number of benzene rings is 1. The first-order valence-electron chi connectivity index (χ1n) is 6.02. The minimum absolute atomic E-state index is 0.0736. The number of aliphatic hydroxyl groups is 1. The zero-order valence-corrected chi connectivity index (χ0v) is 10.3. The average molecular weight is 247 g/mol. The number of para-hydroxylation sites is 1. The van der Waals surface area contributed by atoms with Crippen molar-refractivity contribution < 1.29 is 9.90 Å². The summed E-state index contributed by atoms with van der Waals surface area (Å²) in [6.07, 6.45) is 1.64. The quantitative estimate of drug-likeness (QED) is 0.825. The molecule has 2 rings (SSSR count). The molecule has 1 amide bonds. The number of nitrogens with zero attached hydrogens (tertiary/aromatic N) is 2. The van der Waals surface area contributed by atoms with E-state index in [2.05, 4.69) is 10.4 Å². The minimum Gasteiger partial charge on any atom is -0.392 e. The number of aryl methyl sites for hydroxylation is 1. The lowest BCUT2D eigenvalue weighted by molar-refractivity contribution is -0.121. The summed E-state index contributed by atoms with van der Waals surface area (Å²) in [6, 6.07) is 7.89. The molecule has 0 saturated heterocycles. The highest BCUT2D eigenvalue weighted by atomic mass is 16.3. The fraction of sp³-hybridized carbons (Fsp3) is 0.385. The second-order valence-electron chi connectivity index (χ2n) is 4.33. The third-order valence-corrected chi connectivity index (χ3v) is 2.70. The zero-order chi connectivity index (χ0) is 13.0. The number of fused-ring (bicyclic) bond motifs is 1. The molecule has 5 heteroatoms. The van der Waals surface area contributed by atoms with E-state index in [1.54, 1.807) is 13.1 Å². The van der Waals surface area contributed by atoms with Crippen LogP contribution in [0, 0.1) is 0 Å². The summed E-state index contributed by atoms with van der Waals surface area (Å²) in [5, 5.41) is 17.0. The van der Waals surface area contributed by atoms with E-state index >= 15 is 0 Å². The van der Waals surface area contributed by atoms with Gasteiger partial charge in [-0.25, -0.2) is 0 Å².